The third kappa shape index (κ3) is 2.90. The van der Waals surface area contributed by atoms with Crippen LogP contribution in [0.4, 0.5) is 0 Å². The number of carbonyl (C=O) groups is 1. The van der Waals surface area contributed by atoms with Gasteiger partial charge in [-0.15, -0.1) is 0 Å². The highest BCUT2D eigenvalue weighted by Gasteiger charge is 2.25. The van der Waals surface area contributed by atoms with Gasteiger partial charge < -0.3 is 9.63 Å². The summed E-state index contributed by atoms with van der Waals surface area (Å²) >= 11 is 0. The number of nitrogens with zero attached hydrogens (tertiary/aromatic N) is 2. The first kappa shape index (κ1) is 13.1. The molecule has 5 heteroatoms. The number of carboxylic acid groups (broad SMARTS) is 1. The molecule has 1 fully saturated rings. The highest BCUT2D eigenvalue weighted by atomic mass is 16.5. The van der Waals surface area contributed by atoms with Crippen LogP contribution in [0.15, 0.2) is 10.7 Å². The van der Waals surface area contributed by atoms with E-state index in [0.29, 0.717) is 18.3 Å². The van der Waals surface area contributed by atoms with E-state index in [2.05, 4.69) is 17.0 Å². The van der Waals surface area contributed by atoms with E-state index in [-0.39, 0.29) is 5.56 Å². The number of hydrogen-bond donors (Lipinski definition) is 1. The molecule has 1 aliphatic heterocycles. The van der Waals surface area contributed by atoms with Crippen molar-refractivity contribution < 1.29 is 14.4 Å². The normalized spacial score (nSPS) is 21.1. The van der Waals surface area contributed by atoms with Crippen molar-refractivity contribution in [1.29, 1.82) is 0 Å². The molecule has 1 saturated heterocycles. The zero-order chi connectivity index (χ0) is 13.0. The lowest BCUT2D eigenvalue weighted by Crippen LogP contribution is -2.39. The van der Waals surface area contributed by atoms with Gasteiger partial charge in [-0.05, 0) is 25.8 Å². The van der Waals surface area contributed by atoms with Gasteiger partial charge in [0.05, 0.1) is 12.7 Å². The minimum atomic E-state index is -0.963. The molecule has 1 aliphatic rings. The number of aromatic nitrogens is 1. The molecule has 0 bridgehead atoms. The Balaban J connectivity index is 2.06. The van der Waals surface area contributed by atoms with Crippen molar-refractivity contribution in [3.63, 3.8) is 0 Å². The van der Waals surface area contributed by atoms with Crippen LogP contribution in [0.25, 0.3) is 0 Å². The minimum Gasteiger partial charge on any atom is -0.478 e. The lowest BCUT2D eigenvalue weighted by Gasteiger charge is -2.35. The van der Waals surface area contributed by atoms with Crippen molar-refractivity contribution in [3.05, 3.63) is 17.5 Å². The lowest BCUT2D eigenvalue weighted by molar-refractivity contribution is 0.0687. The SMILES string of the molecule is CCCC1CCCCN1Cc1oncc1C(=O)O. The summed E-state index contributed by atoms with van der Waals surface area (Å²) in [5.41, 5.74) is 0.191. The fourth-order valence-corrected chi connectivity index (χ4v) is 2.67. The molecule has 1 unspecified atom stereocenters. The third-order valence-corrected chi connectivity index (χ3v) is 3.59. The quantitative estimate of drug-likeness (QED) is 0.872. The maximum absolute atomic E-state index is 11.0. The Morgan fingerprint density at radius 3 is 3.17 bits per heavy atom. The predicted octanol–water partition coefficient (Wildman–Crippen LogP) is 2.53. The molecule has 18 heavy (non-hydrogen) atoms. The van der Waals surface area contributed by atoms with Crippen molar-refractivity contribution in [2.24, 2.45) is 0 Å². The maximum atomic E-state index is 11.0. The van der Waals surface area contributed by atoms with Crippen LogP contribution in [0, 0.1) is 0 Å². The van der Waals surface area contributed by atoms with Gasteiger partial charge in [0.1, 0.15) is 5.56 Å². The monoisotopic (exact) mass is 252 g/mol. The number of carboxylic acids is 1. The molecular formula is C13H20N2O3. The standard InChI is InChI=1S/C13H20N2O3/c1-2-5-10-6-3-4-7-15(10)9-12-11(13(16)17)8-14-18-12/h8,10H,2-7,9H2,1H3,(H,16,17). The van der Waals surface area contributed by atoms with Crippen LogP contribution in [-0.4, -0.2) is 33.7 Å². The summed E-state index contributed by atoms with van der Waals surface area (Å²) in [7, 11) is 0. The fraction of sp³-hybridized carbons (Fsp3) is 0.692. The van der Waals surface area contributed by atoms with Gasteiger partial charge in [-0.2, -0.15) is 0 Å². The summed E-state index contributed by atoms with van der Waals surface area (Å²) in [6.07, 6.45) is 7.25. The van der Waals surface area contributed by atoms with Gasteiger partial charge in [0.2, 0.25) is 0 Å². The Morgan fingerprint density at radius 1 is 1.61 bits per heavy atom. The molecule has 1 N–H and O–H groups in total. The molecule has 0 saturated carbocycles. The molecule has 1 atom stereocenters. The van der Waals surface area contributed by atoms with E-state index in [0.717, 1.165) is 19.4 Å². The number of rotatable bonds is 5. The van der Waals surface area contributed by atoms with E-state index in [1.54, 1.807) is 0 Å². The zero-order valence-electron chi connectivity index (χ0n) is 10.8. The largest absolute Gasteiger partial charge is 0.478 e. The average Bonchev–Trinajstić information content (AvgIpc) is 2.80. The molecule has 0 radical (unpaired) electrons. The first-order valence-electron chi connectivity index (χ1n) is 6.63. The van der Waals surface area contributed by atoms with Crippen LogP contribution in [0.5, 0.6) is 0 Å². The Morgan fingerprint density at radius 2 is 2.44 bits per heavy atom. The smallest absolute Gasteiger partial charge is 0.341 e. The summed E-state index contributed by atoms with van der Waals surface area (Å²) in [5.74, 6) is -0.485. The second-order valence-electron chi connectivity index (χ2n) is 4.88. The Kier molecular flexibility index (Phi) is 4.36. The van der Waals surface area contributed by atoms with Gasteiger partial charge in [0, 0.05) is 6.04 Å². The van der Waals surface area contributed by atoms with Gasteiger partial charge in [0.15, 0.2) is 5.76 Å². The van der Waals surface area contributed by atoms with E-state index < -0.39 is 5.97 Å². The van der Waals surface area contributed by atoms with Crippen molar-refractivity contribution in [1.82, 2.24) is 10.1 Å². The molecule has 2 rings (SSSR count). The molecule has 5 nitrogen and oxygen atoms in total. The number of piperidine rings is 1. The van der Waals surface area contributed by atoms with Crippen molar-refractivity contribution in [3.8, 4) is 0 Å². The fourth-order valence-electron chi connectivity index (χ4n) is 2.67. The summed E-state index contributed by atoms with van der Waals surface area (Å²) in [5, 5.41) is 12.6. The zero-order valence-corrected chi connectivity index (χ0v) is 10.8. The second-order valence-corrected chi connectivity index (χ2v) is 4.88. The first-order chi connectivity index (χ1) is 8.72. The molecule has 0 amide bonds. The number of aromatic carboxylic acids is 1. The van der Waals surface area contributed by atoms with Crippen molar-refractivity contribution >= 4 is 5.97 Å². The predicted molar refractivity (Wildman–Crippen MR) is 66.4 cm³/mol. The van der Waals surface area contributed by atoms with Crippen LogP contribution in [0.3, 0.4) is 0 Å². The van der Waals surface area contributed by atoms with Gasteiger partial charge in [-0.1, -0.05) is 24.9 Å². The number of hydrogen-bond acceptors (Lipinski definition) is 4. The molecule has 0 aliphatic carbocycles. The van der Waals surface area contributed by atoms with Crippen LogP contribution >= 0.6 is 0 Å². The molecule has 0 spiro atoms. The van der Waals surface area contributed by atoms with Crippen molar-refractivity contribution in [2.75, 3.05) is 6.54 Å². The average molecular weight is 252 g/mol. The first-order valence-corrected chi connectivity index (χ1v) is 6.63. The molecule has 1 aromatic heterocycles. The van der Waals surface area contributed by atoms with Crippen LogP contribution in [0.1, 0.15) is 55.1 Å². The van der Waals surface area contributed by atoms with Crippen LogP contribution < -0.4 is 0 Å². The molecule has 0 aromatic carbocycles. The highest BCUT2D eigenvalue weighted by Crippen LogP contribution is 2.23. The molecule has 1 aromatic rings. The summed E-state index contributed by atoms with van der Waals surface area (Å²) < 4.78 is 5.08. The summed E-state index contributed by atoms with van der Waals surface area (Å²) in [6, 6.07) is 0.551. The molecular weight excluding hydrogens is 232 g/mol. The second kappa shape index (κ2) is 6.00. The Hall–Kier alpha value is -1.36. The molecule has 100 valence electrons. The van der Waals surface area contributed by atoms with Crippen LogP contribution in [-0.2, 0) is 6.54 Å². The lowest BCUT2D eigenvalue weighted by atomic mass is 9.98. The van der Waals surface area contributed by atoms with Gasteiger partial charge in [-0.3, -0.25) is 4.90 Å². The summed E-state index contributed by atoms with van der Waals surface area (Å²) in [4.78, 5) is 13.3. The third-order valence-electron chi connectivity index (χ3n) is 3.59. The van der Waals surface area contributed by atoms with E-state index >= 15 is 0 Å². The van der Waals surface area contributed by atoms with Gasteiger partial charge >= 0.3 is 5.97 Å². The number of likely N-dealkylation sites (tertiary alicyclic amines) is 1. The Bertz CT molecular complexity index is 401. The van der Waals surface area contributed by atoms with Crippen molar-refractivity contribution in [2.45, 2.75) is 51.6 Å². The van der Waals surface area contributed by atoms with E-state index in [1.165, 1.54) is 25.5 Å². The van der Waals surface area contributed by atoms with Gasteiger partial charge in [-0.25, -0.2) is 4.79 Å². The maximum Gasteiger partial charge on any atom is 0.341 e. The van der Waals surface area contributed by atoms with E-state index in [1.807, 2.05) is 0 Å². The van der Waals surface area contributed by atoms with E-state index in [4.69, 9.17) is 9.63 Å². The molecule has 2 heterocycles. The van der Waals surface area contributed by atoms with Gasteiger partial charge in [0.25, 0.3) is 0 Å². The Labute approximate surface area is 107 Å². The highest BCUT2D eigenvalue weighted by molar-refractivity contribution is 5.88. The van der Waals surface area contributed by atoms with E-state index in [9.17, 15) is 4.79 Å². The topological polar surface area (TPSA) is 66.6 Å². The summed E-state index contributed by atoms with van der Waals surface area (Å²) in [6.45, 7) is 3.76. The minimum absolute atomic E-state index is 0.191. The van der Waals surface area contributed by atoms with Crippen LogP contribution in [0.2, 0.25) is 0 Å².